The molecule has 0 aliphatic carbocycles. The molecule has 0 spiro atoms. The van der Waals surface area contributed by atoms with Crippen LogP contribution in [0.15, 0.2) is 4.99 Å². The molecule has 1 amide bonds. The van der Waals surface area contributed by atoms with E-state index < -0.39 is 9.84 Å². The molecular formula is C16H30N4O3S. The molecule has 2 N–H and O–H groups in total. The average Bonchev–Trinajstić information content (AvgIpc) is 2.80. The van der Waals surface area contributed by atoms with Crippen molar-refractivity contribution in [2.24, 2.45) is 10.4 Å². The quantitative estimate of drug-likeness (QED) is 0.560. The van der Waals surface area contributed by atoms with Gasteiger partial charge >= 0.3 is 0 Å². The molecule has 138 valence electrons. The van der Waals surface area contributed by atoms with Gasteiger partial charge in [-0.05, 0) is 20.3 Å². The molecular weight excluding hydrogens is 328 g/mol. The lowest BCUT2D eigenvalue weighted by Gasteiger charge is -2.62. The summed E-state index contributed by atoms with van der Waals surface area (Å²) in [7, 11) is -1.22. The van der Waals surface area contributed by atoms with Crippen LogP contribution in [0.4, 0.5) is 0 Å². The number of carbonyl (C=O) groups excluding carboxylic acids is 1. The maximum absolute atomic E-state index is 12.0. The van der Waals surface area contributed by atoms with Gasteiger partial charge in [0, 0.05) is 43.6 Å². The second-order valence-electron chi connectivity index (χ2n) is 7.92. The topological polar surface area (TPSA) is 90.9 Å². The number of sulfone groups is 1. The van der Waals surface area contributed by atoms with Crippen LogP contribution in [0.25, 0.3) is 0 Å². The van der Waals surface area contributed by atoms with Crippen LogP contribution in [0.1, 0.15) is 40.5 Å². The zero-order valence-electron chi connectivity index (χ0n) is 15.3. The molecule has 0 saturated carbocycles. The van der Waals surface area contributed by atoms with Gasteiger partial charge in [-0.25, -0.2) is 8.42 Å². The van der Waals surface area contributed by atoms with Crippen LogP contribution in [0, 0.1) is 5.41 Å². The van der Waals surface area contributed by atoms with Crippen molar-refractivity contribution in [1.29, 1.82) is 0 Å². The number of nitrogens with one attached hydrogen (secondary N) is 2. The number of nitrogens with zero attached hydrogens (tertiary/aromatic N) is 2. The molecule has 2 aliphatic rings. The van der Waals surface area contributed by atoms with Gasteiger partial charge in [0.1, 0.15) is 0 Å². The molecule has 0 aromatic heterocycles. The summed E-state index contributed by atoms with van der Waals surface area (Å²) < 4.78 is 22.8. The van der Waals surface area contributed by atoms with Crippen LogP contribution in [0.3, 0.4) is 0 Å². The largest absolute Gasteiger partial charge is 0.356 e. The molecule has 1 unspecified atom stereocenters. The Morgan fingerprint density at radius 2 is 1.96 bits per heavy atom. The SMILES string of the molecule is CN=C(NCCC(=O)NC1CCS(=O)(=O)C1)N1CC(C)(C)C1(C)C. The molecule has 2 aliphatic heterocycles. The van der Waals surface area contributed by atoms with Crippen molar-refractivity contribution in [3.05, 3.63) is 0 Å². The Hall–Kier alpha value is -1.31. The van der Waals surface area contributed by atoms with Crippen molar-refractivity contribution >= 4 is 21.7 Å². The average molecular weight is 359 g/mol. The highest BCUT2D eigenvalue weighted by Crippen LogP contribution is 2.46. The lowest BCUT2D eigenvalue weighted by Crippen LogP contribution is -2.72. The van der Waals surface area contributed by atoms with E-state index in [1.807, 2.05) is 0 Å². The number of amides is 1. The molecule has 0 aromatic rings. The highest BCUT2D eigenvalue weighted by molar-refractivity contribution is 7.91. The minimum absolute atomic E-state index is 0.00924. The second-order valence-corrected chi connectivity index (χ2v) is 10.1. The van der Waals surface area contributed by atoms with Crippen molar-refractivity contribution in [3.63, 3.8) is 0 Å². The summed E-state index contributed by atoms with van der Waals surface area (Å²) in [6.45, 7) is 10.3. The Morgan fingerprint density at radius 3 is 2.42 bits per heavy atom. The van der Waals surface area contributed by atoms with Crippen molar-refractivity contribution in [1.82, 2.24) is 15.5 Å². The summed E-state index contributed by atoms with van der Waals surface area (Å²) in [4.78, 5) is 18.5. The standard InChI is InChI=1S/C16H30N4O3S/c1-15(2)11-20(16(15,3)4)14(17-5)18-8-6-13(21)19-12-7-9-24(22,23)10-12/h12H,6-11H2,1-5H3,(H,17,18)(H,19,21). The molecule has 2 saturated heterocycles. The first kappa shape index (κ1) is 19.0. The van der Waals surface area contributed by atoms with Crippen LogP contribution in [-0.4, -0.2) is 68.4 Å². The summed E-state index contributed by atoms with van der Waals surface area (Å²) in [5.41, 5.74) is 0.227. The third-order valence-electron chi connectivity index (χ3n) is 5.58. The van der Waals surface area contributed by atoms with Gasteiger partial charge in [0.15, 0.2) is 15.8 Å². The van der Waals surface area contributed by atoms with Crippen LogP contribution in [0.5, 0.6) is 0 Å². The molecule has 24 heavy (non-hydrogen) atoms. The van der Waals surface area contributed by atoms with E-state index in [-0.39, 0.29) is 34.4 Å². The minimum Gasteiger partial charge on any atom is -0.356 e. The second kappa shape index (κ2) is 6.54. The molecule has 0 aromatic carbocycles. The van der Waals surface area contributed by atoms with Crippen molar-refractivity contribution < 1.29 is 13.2 Å². The smallest absolute Gasteiger partial charge is 0.222 e. The fraction of sp³-hybridized carbons (Fsp3) is 0.875. The summed E-state index contributed by atoms with van der Waals surface area (Å²) in [6, 6.07) is -0.239. The normalized spacial score (nSPS) is 27.5. The first-order valence-electron chi connectivity index (χ1n) is 8.46. The number of carbonyl (C=O) groups is 1. The van der Waals surface area contributed by atoms with E-state index in [0.29, 0.717) is 19.4 Å². The van der Waals surface area contributed by atoms with Gasteiger partial charge in [-0.1, -0.05) is 13.8 Å². The molecule has 2 heterocycles. The zero-order chi connectivity index (χ0) is 18.2. The van der Waals surface area contributed by atoms with E-state index in [2.05, 4.69) is 48.2 Å². The number of aliphatic imine (C=N–C) groups is 1. The number of guanidine groups is 1. The van der Waals surface area contributed by atoms with Crippen molar-refractivity contribution in [2.75, 3.05) is 31.6 Å². The number of rotatable bonds is 4. The lowest BCUT2D eigenvalue weighted by molar-refractivity contribution is -0.121. The van der Waals surface area contributed by atoms with Crippen LogP contribution >= 0.6 is 0 Å². The molecule has 7 nitrogen and oxygen atoms in total. The summed E-state index contributed by atoms with van der Waals surface area (Å²) in [5, 5.41) is 6.03. The van der Waals surface area contributed by atoms with Gasteiger partial charge in [-0.2, -0.15) is 0 Å². The van der Waals surface area contributed by atoms with Crippen LogP contribution < -0.4 is 10.6 Å². The first-order chi connectivity index (χ1) is 11.0. The van der Waals surface area contributed by atoms with Gasteiger partial charge in [0.25, 0.3) is 0 Å². The molecule has 2 fully saturated rings. The Kier molecular flexibility index (Phi) is 5.18. The number of hydrogen-bond donors (Lipinski definition) is 2. The summed E-state index contributed by atoms with van der Waals surface area (Å²) in [6.07, 6.45) is 0.813. The highest BCUT2D eigenvalue weighted by atomic mass is 32.2. The minimum atomic E-state index is -2.97. The Morgan fingerprint density at radius 1 is 1.29 bits per heavy atom. The van der Waals surface area contributed by atoms with Gasteiger partial charge in [0.05, 0.1) is 11.5 Å². The van der Waals surface area contributed by atoms with E-state index in [0.717, 1.165) is 12.5 Å². The fourth-order valence-corrected chi connectivity index (χ4v) is 4.87. The molecule has 0 radical (unpaired) electrons. The maximum atomic E-state index is 12.0. The molecule has 0 bridgehead atoms. The fourth-order valence-electron chi connectivity index (χ4n) is 3.19. The van der Waals surface area contributed by atoms with Crippen LogP contribution in [-0.2, 0) is 14.6 Å². The molecule has 8 heteroatoms. The van der Waals surface area contributed by atoms with E-state index in [1.165, 1.54) is 0 Å². The van der Waals surface area contributed by atoms with Gasteiger partial charge < -0.3 is 15.5 Å². The predicted octanol–water partition coefficient (Wildman–Crippen LogP) is 0.376. The summed E-state index contributed by atoms with van der Waals surface area (Å²) >= 11 is 0. The lowest BCUT2D eigenvalue weighted by atomic mass is 9.65. The van der Waals surface area contributed by atoms with E-state index in [9.17, 15) is 13.2 Å². The first-order valence-corrected chi connectivity index (χ1v) is 10.3. The van der Waals surface area contributed by atoms with Gasteiger partial charge in [-0.15, -0.1) is 0 Å². The Bertz CT molecular complexity index is 625. The molecule has 1 atom stereocenters. The third-order valence-corrected chi connectivity index (χ3v) is 7.35. The number of likely N-dealkylation sites (tertiary alicyclic amines) is 1. The maximum Gasteiger partial charge on any atom is 0.222 e. The Balaban J connectivity index is 1.76. The van der Waals surface area contributed by atoms with Crippen LogP contribution in [0.2, 0.25) is 0 Å². The van der Waals surface area contributed by atoms with E-state index in [4.69, 9.17) is 0 Å². The third kappa shape index (κ3) is 3.84. The van der Waals surface area contributed by atoms with E-state index in [1.54, 1.807) is 7.05 Å². The predicted molar refractivity (Wildman–Crippen MR) is 95.7 cm³/mol. The zero-order valence-corrected chi connectivity index (χ0v) is 16.2. The summed E-state index contributed by atoms with van der Waals surface area (Å²) in [5.74, 6) is 0.909. The van der Waals surface area contributed by atoms with E-state index >= 15 is 0 Å². The van der Waals surface area contributed by atoms with Gasteiger partial charge in [0.2, 0.25) is 5.91 Å². The Labute approximate surface area is 145 Å². The monoisotopic (exact) mass is 358 g/mol. The number of hydrogen-bond acceptors (Lipinski definition) is 4. The highest BCUT2D eigenvalue weighted by Gasteiger charge is 2.53. The van der Waals surface area contributed by atoms with Gasteiger partial charge in [-0.3, -0.25) is 9.79 Å². The van der Waals surface area contributed by atoms with Crippen molar-refractivity contribution in [3.8, 4) is 0 Å². The van der Waals surface area contributed by atoms with Crippen molar-refractivity contribution in [2.45, 2.75) is 52.1 Å². The molecule has 2 rings (SSSR count).